The minimum absolute atomic E-state index is 0.787. The minimum Gasteiger partial charge on any atom is -0.318 e. The highest BCUT2D eigenvalue weighted by Crippen LogP contribution is 2.32. The van der Waals surface area contributed by atoms with E-state index < -0.39 is 0 Å². The minimum atomic E-state index is 0.787. The highest BCUT2D eigenvalue weighted by atomic mass is 35.5. The SMILES string of the molecule is CN(C)n1c(-c2ccccc2)cc2c(Cl)cccc21. The molecule has 1 heterocycles. The Morgan fingerprint density at radius 3 is 2.37 bits per heavy atom. The third-order valence-electron chi connectivity index (χ3n) is 3.24. The topological polar surface area (TPSA) is 8.17 Å². The normalized spacial score (nSPS) is 10.9. The van der Waals surface area contributed by atoms with E-state index in [4.69, 9.17) is 11.6 Å². The first-order valence-corrected chi connectivity index (χ1v) is 6.59. The molecule has 0 unspecified atom stereocenters. The molecule has 0 fully saturated rings. The van der Waals surface area contributed by atoms with Crippen molar-refractivity contribution in [2.75, 3.05) is 19.1 Å². The van der Waals surface area contributed by atoms with E-state index in [2.05, 4.69) is 46.1 Å². The number of benzene rings is 2. The van der Waals surface area contributed by atoms with Gasteiger partial charge in [-0.25, -0.2) is 0 Å². The van der Waals surface area contributed by atoms with Crippen LogP contribution in [0.3, 0.4) is 0 Å². The van der Waals surface area contributed by atoms with E-state index in [9.17, 15) is 0 Å². The predicted molar refractivity (Wildman–Crippen MR) is 82.4 cm³/mol. The van der Waals surface area contributed by atoms with Crippen molar-refractivity contribution in [3.05, 3.63) is 59.6 Å². The van der Waals surface area contributed by atoms with Gasteiger partial charge >= 0.3 is 0 Å². The molecule has 0 radical (unpaired) electrons. The van der Waals surface area contributed by atoms with Crippen LogP contribution in [0.2, 0.25) is 5.02 Å². The fourth-order valence-electron chi connectivity index (χ4n) is 2.43. The second-order valence-corrected chi connectivity index (χ2v) is 5.13. The lowest BCUT2D eigenvalue weighted by molar-refractivity contribution is 0.769. The predicted octanol–water partition coefficient (Wildman–Crippen LogP) is 4.16. The molecule has 3 heteroatoms. The van der Waals surface area contributed by atoms with Crippen molar-refractivity contribution in [2.45, 2.75) is 0 Å². The van der Waals surface area contributed by atoms with Gasteiger partial charge in [0.05, 0.1) is 16.2 Å². The lowest BCUT2D eigenvalue weighted by Gasteiger charge is -2.19. The maximum absolute atomic E-state index is 6.30. The molecule has 0 aliphatic carbocycles. The number of halogens is 1. The van der Waals surface area contributed by atoms with Crippen LogP contribution >= 0.6 is 11.6 Å². The maximum atomic E-state index is 6.30. The molecule has 0 aliphatic heterocycles. The fourth-order valence-corrected chi connectivity index (χ4v) is 2.65. The summed E-state index contributed by atoms with van der Waals surface area (Å²) in [6.07, 6.45) is 0. The van der Waals surface area contributed by atoms with Crippen LogP contribution in [0.15, 0.2) is 54.6 Å². The first-order chi connectivity index (χ1) is 9.18. The van der Waals surface area contributed by atoms with Crippen molar-refractivity contribution in [3.63, 3.8) is 0 Å². The van der Waals surface area contributed by atoms with Crippen molar-refractivity contribution in [1.29, 1.82) is 0 Å². The molecule has 1 aromatic heterocycles. The van der Waals surface area contributed by atoms with Crippen molar-refractivity contribution in [3.8, 4) is 11.3 Å². The second-order valence-electron chi connectivity index (χ2n) is 4.73. The number of hydrogen-bond donors (Lipinski definition) is 0. The molecule has 0 amide bonds. The van der Waals surface area contributed by atoms with Crippen LogP contribution in [0.4, 0.5) is 0 Å². The summed E-state index contributed by atoms with van der Waals surface area (Å²) in [4.78, 5) is 0. The van der Waals surface area contributed by atoms with Gasteiger partial charge in [0.15, 0.2) is 0 Å². The van der Waals surface area contributed by atoms with Crippen molar-refractivity contribution in [1.82, 2.24) is 4.68 Å². The summed E-state index contributed by atoms with van der Waals surface area (Å²) in [7, 11) is 4.07. The van der Waals surface area contributed by atoms with Gasteiger partial charge in [-0.15, -0.1) is 0 Å². The molecule has 0 bridgehead atoms. The van der Waals surface area contributed by atoms with E-state index in [1.165, 1.54) is 5.56 Å². The van der Waals surface area contributed by atoms with Gasteiger partial charge in [-0.05, 0) is 18.2 Å². The first kappa shape index (κ1) is 12.1. The Hall–Kier alpha value is -1.93. The van der Waals surface area contributed by atoms with Crippen LogP contribution in [0, 0.1) is 0 Å². The summed E-state index contributed by atoms with van der Waals surface area (Å²) in [6, 6.07) is 18.5. The second kappa shape index (κ2) is 4.63. The molecular weight excluding hydrogens is 256 g/mol. The van der Waals surface area contributed by atoms with Gasteiger partial charge in [0.2, 0.25) is 0 Å². The summed E-state index contributed by atoms with van der Waals surface area (Å²) >= 11 is 6.30. The van der Waals surface area contributed by atoms with Crippen molar-refractivity contribution < 1.29 is 0 Å². The zero-order chi connectivity index (χ0) is 13.4. The first-order valence-electron chi connectivity index (χ1n) is 6.21. The third-order valence-corrected chi connectivity index (χ3v) is 3.57. The highest BCUT2D eigenvalue weighted by molar-refractivity contribution is 6.35. The third kappa shape index (κ3) is 1.98. The fraction of sp³-hybridized carbons (Fsp3) is 0.125. The van der Waals surface area contributed by atoms with Crippen LogP contribution in [0.5, 0.6) is 0 Å². The van der Waals surface area contributed by atoms with Gasteiger partial charge in [-0.3, -0.25) is 4.68 Å². The molecule has 2 aromatic carbocycles. The molecule has 0 N–H and O–H groups in total. The lowest BCUT2D eigenvalue weighted by Crippen LogP contribution is -2.25. The highest BCUT2D eigenvalue weighted by Gasteiger charge is 2.13. The largest absolute Gasteiger partial charge is 0.318 e. The van der Waals surface area contributed by atoms with Crippen LogP contribution in [0.25, 0.3) is 22.2 Å². The molecule has 3 rings (SSSR count). The molecule has 2 nitrogen and oxygen atoms in total. The van der Waals surface area contributed by atoms with Crippen LogP contribution in [-0.2, 0) is 0 Å². The molecule has 0 saturated carbocycles. The van der Waals surface area contributed by atoms with E-state index in [0.717, 1.165) is 21.6 Å². The van der Waals surface area contributed by atoms with Crippen molar-refractivity contribution >= 4 is 22.5 Å². The molecular formula is C16H15ClN2. The summed E-state index contributed by atoms with van der Waals surface area (Å²) < 4.78 is 2.18. The molecule has 0 saturated heterocycles. The summed E-state index contributed by atoms with van der Waals surface area (Å²) in [6.45, 7) is 0. The average molecular weight is 271 g/mol. The van der Waals surface area contributed by atoms with Gasteiger partial charge in [-0.2, -0.15) is 0 Å². The Kier molecular flexibility index (Phi) is 2.96. The monoisotopic (exact) mass is 270 g/mol. The van der Waals surface area contributed by atoms with Crippen LogP contribution in [0.1, 0.15) is 0 Å². The lowest BCUT2D eigenvalue weighted by atomic mass is 10.1. The van der Waals surface area contributed by atoms with Crippen LogP contribution in [-0.4, -0.2) is 18.8 Å². The smallest absolute Gasteiger partial charge is 0.0716 e. The Labute approximate surface area is 117 Å². The van der Waals surface area contributed by atoms with Crippen LogP contribution < -0.4 is 5.01 Å². The molecule has 0 spiro atoms. The van der Waals surface area contributed by atoms with Crippen molar-refractivity contribution in [2.24, 2.45) is 0 Å². The van der Waals surface area contributed by atoms with Gasteiger partial charge in [0.25, 0.3) is 0 Å². The summed E-state index contributed by atoms with van der Waals surface area (Å²) in [5.74, 6) is 0. The molecule has 19 heavy (non-hydrogen) atoms. The van der Waals surface area contributed by atoms with Gasteiger partial charge in [0.1, 0.15) is 0 Å². The molecule has 3 aromatic rings. The van der Waals surface area contributed by atoms with E-state index in [1.54, 1.807) is 0 Å². The molecule has 96 valence electrons. The van der Waals surface area contributed by atoms with Gasteiger partial charge < -0.3 is 5.01 Å². The zero-order valence-electron chi connectivity index (χ0n) is 11.0. The number of nitrogens with zero attached hydrogens (tertiary/aromatic N) is 2. The van der Waals surface area contributed by atoms with Gasteiger partial charge in [-0.1, -0.05) is 48.0 Å². The van der Waals surface area contributed by atoms with E-state index in [1.807, 2.05) is 32.3 Å². The number of rotatable bonds is 2. The van der Waals surface area contributed by atoms with E-state index in [0.29, 0.717) is 0 Å². The standard InChI is InChI=1S/C16H15ClN2/c1-18(2)19-15-10-6-9-14(17)13(15)11-16(19)12-7-4-3-5-8-12/h3-11H,1-2H3. The van der Waals surface area contributed by atoms with E-state index >= 15 is 0 Å². The molecule has 0 atom stereocenters. The summed E-state index contributed by atoms with van der Waals surface area (Å²) in [5.41, 5.74) is 3.45. The Balaban J connectivity index is 2.36. The maximum Gasteiger partial charge on any atom is 0.0716 e. The number of fused-ring (bicyclic) bond motifs is 1. The number of aromatic nitrogens is 1. The Morgan fingerprint density at radius 2 is 1.68 bits per heavy atom. The number of hydrogen-bond acceptors (Lipinski definition) is 1. The quantitative estimate of drug-likeness (QED) is 0.679. The zero-order valence-corrected chi connectivity index (χ0v) is 11.7. The molecule has 0 aliphatic rings. The Bertz CT molecular complexity index is 714. The van der Waals surface area contributed by atoms with E-state index in [-0.39, 0.29) is 0 Å². The summed E-state index contributed by atoms with van der Waals surface area (Å²) in [5, 5.41) is 3.94. The van der Waals surface area contributed by atoms with Gasteiger partial charge in [0, 0.05) is 25.0 Å². The Morgan fingerprint density at radius 1 is 0.947 bits per heavy atom. The average Bonchev–Trinajstić information content (AvgIpc) is 2.81.